The van der Waals surface area contributed by atoms with Gasteiger partial charge in [0, 0.05) is 5.75 Å². The molecule has 2 amide bonds. The molecule has 0 fully saturated rings. The van der Waals surface area contributed by atoms with Gasteiger partial charge < -0.3 is 9.47 Å². The Balaban J connectivity index is 2.19. The highest BCUT2D eigenvalue weighted by Gasteiger charge is 2.43. The second kappa shape index (κ2) is 8.35. The molecule has 1 aromatic rings. The Morgan fingerprint density at radius 3 is 2.46 bits per heavy atom. The van der Waals surface area contributed by atoms with Crippen molar-refractivity contribution in [1.82, 2.24) is 4.90 Å². The van der Waals surface area contributed by atoms with Gasteiger partial charge >= 0.3 is 12.1 Å². The van der Waals surface area contributed by atoms with E-state index in [4.69, 9.17) is 4.74 Å². The van der Waals surface area contributed by atoms with E-state index in [0.717, 1.165) is 10.5 Å². The van der Waals surface area contributed by atoms with E-state index in [1.54, 1.807) is 20.8 Å². The molecule has 0 radical (unpaired) electrons. The summed E-state index contributed by atoms with van der Waals surface area (Å²) in [5.74, 6) is -0.629. The lowest BCUT2D eigenvalue weighted by Gasteiger charge is -2.27. The molecule has 1 aliphatic rings. The minimum Gasteiger partial charge on any atom is -0.469 e. The first-order chi connectivity index (χ1) is 12.2. The van der Waals surface area contributed by atoms with E-state index in [9.17, 15) is 14.4 Å². The van der Waals surface area contributed by atoms with E-state index in [1.165, 1.54) is 18.9 Å². The van der Waals surface area contributed by atoms with Gasteiger partial charge in [-0.2, -0.15) is 4.99 Å². The molecule has 140 valence electrons. The molecule has 0 N–H and O–H groups in total. The van der Waals surface area contributed by atoms with Gasteiger partial charge in [-0.1, -0.05) is 42.1 Å². The fraction of sp³-hybridized carbons (Fsp3) is 0.444. The molecule has 2 rings (SSSR count). The molecule has 0 spiro atoms. The number of aliphatic imine (C=N–C) groups is 1. The Morgan fingerprint density at radius 2 is 1.88 bits per heavy atom. The summed E-state index contributed by atoms with van der Waals surface area (Å²) in [6.07, 6.45) is -0.982. The van der Waals surface area contributed by atoms with Gasteiger partial charge in [-0.25, -0.2) is 9.69 Å². The number of amides is 2. The van der Waals surface area contributed by atoms with Crippen LogP contribution < -0.4 is 0 Å². The number of methoxy groups -OCH3 is 1. The van der Waals surface area contributed by atoms with Gasteiger partial charge in [0.2, 0.25) is 0 Å². The monoisotopic (exact) mass is 378 g/mol. The summed E-state index contributed by atoms with van der Waals surface area (Å²) in [6, 6.07) is 8.55. The number of hydrogen-bond donors (Lipinski definition) is 0. The summed E-state index contributed by atoms with van der Waals surface area (Å²) in [5.41, 5.74) is 0.279. The van der Waals surface area contributed by atoms with E-state index in [2.05, 4.69) is 9.73 Å². The minimum atomic E-state index is -1.05. The molecular formula is C18H22N2O5S. The molecule has 0 aliphatic carbocycles. The summed E-state index contributed by atoms with van der Waals surface area (Å²) in [5, 5.41) is 0.224. The molecule has 1 heterocycles. The first-order valence-corrected chi connectivity index (χ1v) is 9.08. The van der Waals surface area contributed by atoms with E-state index in [-0.39, 0.29) is 11.6 Å². The van der Waals surface area contributed by atoms with Gasteiger partial charge in [0.05, 0.1) is 13.5 Å². The van der Waals surface area contributed by atoms with Crippen molar-refractivity contribution in [2.75, 3.05) is 7.11 Å². The highest BCUT2D eigenvalue weighted by molar-refractivity contribution is 8.13. The average Bonchev–Trinajstić information content (AvgIpc) is 2.88. The Hall–Kier alpha value is -2.35. The van der Waals surface area contributed by atoms with Crippen LogP contribution in [0.4, 0.5) is 4.79 Å². The molecule has 0 saturated carbocycles. The molecule has 1 atom stereocenters. The van der Waals surface area contributed by atoms with Crippen LogP contribution in [0, 0.1) is 0 Å². The average molecular weight is 378 g/mol. The fourth-order valence-electron chi connectivity index (χ4n) is 2.23. The molecule has 0 saturated heterocycles. The highest BCUT2D eigenvalue weighted by atomic mass is 32.2. The van der Waals surface area contributed by atoms with Crippen molar-refractivity contribution in [3.05, 3.63) is 35.9 Å². The minimum absolute atomic E-state index is 0.224. The van der Waals surface area contributed by atoms with Crippen molar-refractivity contribution < 1.29 is 23.9 Å². The number of amidine groups is 1. The molecule has 8 heteroatoms. The van der Waals surface area contributed by atoms with Crippen LogP contribution in [0.15, 0.2) is 35.3 Å². The zero-order chi connectivity index (χ0) is 19.3. The molecule has 7 nitrogen and oxygen atoms in total. The van der Waals surface area contributed by atoms with Crippen LogP contribution in [-0.2, 0) is 24.8 Å². The topological polar surface area (TPSA) is 85.3 Å². The molecule has 0 unspecified atom stereocenters. The van der Waals surface area contributed by atoms with E-state index in [0.29, 0.717) is 5.75 Å². The summed E-state index contributed by atoms with van der Waals surface area (Å²) < 4.78 is 10.0. The largest absolute Gasteiger partial charge is 0.469 e. The second-order valence-corrected chi connectivity index (χ2v) is 7.60. The highest BCUT2D eigenvalue weighted by Crippen LogP contribution is 2.27. The number of nitrogens with zero attached hydrogens (tertiary/aromatic N) is 2. The molecule has 1 aromatic carbocycles. The van der Waals surface area contributed by atoms with Crippen LogP contribution in [0.3, 0.4) is 0 Å². The predicted molar refractivity (Wildman–Crippen MR) is 98.7 cm³/mol. The number of carbonyl (C=O) groups excluding carboxylic acids is 3. The molecule has 26 heavy (non-hydrogen) atoms. The van der Waals surface area contributed by atoms with Crippen LogP contribution >= 0.6 is 11.8 Å². The van der Waals surface area contributed by atoms with E-state index >= 15 is 0 Å². The van der Waals surface area contributed by atoms with Crippen molar-refractivity contribution in [2.45, 2.75) is 44.6 Å². The third-order valence-corrected chi connectivity index (χ3v) is 4.42. The number of carbonyl (C=O) groups is 3. The SMILES string of the molecule is COC(=O)C[C@H]1C(=O)N=C(SCc2ccccc2)N1C(=O)OC(C)(C)C. The Labute approximate surface area is 156 Å². The lowest BCUT2D eigenvalue weighted by atomic mass is 10.2. The Bertz CT molecular complexity index is 712. The second-order valence-electron chi connectivity index (χ2n) is 6.65. The van der Waals surface area contributed by atoms with E-state index < -0.39 is 29.6 Å². The van der Waals surface area contributed by atoms with Crippen molar-refractivity contribution in [1.29, 1.82) is 0 Å². The van der Waals surface area contributed by atoms with Crippen molar-refractivity contribution in [3.63, 3.8) is 0 Å². The summed E-state index contributed by atoms with van der Waals surface area (Å²) in [6.45, 7) is 5.18. The number of rotatable bonds is 4. The normalized spacial score (nSPS) is 17.1. The quantitative estimate of drug-likeness (QED) is 0.749. The third kappa shape index (κ3) is 5.32. The van der Waals surface area contributed by atoms with E-state index in [1.807, 2.05) is 30.3 Å². The first-order valence-electron chi connectivity index (χ1n) is 8.09. The maximum Gasteiger partial charge on any atom is 0.417 e. The summed E-state index contributed by atoms with van der Waals surface area (Å²) in [4.78, 5) is 41.6. The van der Waals surface area contributed by atoms with Crippen molar-refractivity contribution >= 4 is 34.9 Å². The zero-order valence-electron chi connectivity index (χ0n) is 15.2. The van der Waals surface area contributed by atoms with Crippen LogP contribution in [0.5, 0.6) is 0 Å². The maximum atomic E-state index is 12.6. The fourth-order valence-corrected chi connectivity index (χ4v) is 3.21. The van der Waals surface area contributed by atoms with Gasteiger partial charge in [0.15, 0.2) is 5.17 Å². The summed E-state index contributed by atoms with van der Waals surface area (Å²) in [7, 11) is 1.23. The lowest BCUT2D eigenvalue weighted by Crippen LogP contribution is -2.45. The first kappa shape index (κ1) is 20.0. The van der Waals surface area contributed by atoms with Crippen molar-refractivity contribution in [2.24, 2.45) is 4.99 Å². The number of benzene rings is 1. The number of esters is 1. The van der Waals surface area contributed by atoms with Gasteiger partial charge in [-0.05, 0) is 26.3 Å². The maximum absolute atomic E-state index is 12.6. The Kier molecular flexibility index (Phi) is 6.42. The summed E-state index contributed by atoms with van der Waals surface area (Å²) >= 11 is 1.24. The smallest absolute Gasteiger partial charge is 0.417 e. The van der Waals surface area contributed by atoms with Crippen LogP contribution in [0.2, 0.25) is 0 Å². The molecular weight excluding hydrogens is 356 g/mol. The lowest BCUT2D eigenvalue weighted by molar-refractivity contribution is -0.143. The van der Waals surface area contributed by atoms with Gasteiger partial charge in [0.25, 0.3) is 5.91 Å². The molecule has 0 aromatic heterocycles. The van der Waals surface area contributed by atoms with Gasteiger partial charge in [-0.3, -0.25) is 9.59 Å². The van der Waals surface area contributed by atoms with Gasteiger partial charge in [0.1, 0.15) is 11.6 Å². The van der Waals surface area contributed by atoms with Crippen LogP contribution in [0.1, 0.15) is 32.8 Å². The number of thioether (sulfide) groups is 1. The Morgan fingerprint density at radius 1 is 1.23 bits per heavy atom. The van der Waals surface area contributed by atoms with Crippen molar-refractivity contribution in [3.8, 4) is 0 Å². The molecule has 1 aliphatic heterocycles. The third-order valence-electron chi connectivity index (χ3n) is 3.40. The number of ether oxygens (including phenoxy) is 2. The van der Waals surface area contributed by atoms with Gasteiger partial charge in [-0.15, -0.1) is 0 Å². The number of hydrogen-bond acceptors (Lipinski definition) is 6. The van der Waals surface area contributed by atoms with Crippen LogP contribution in [-0.4, -0.2) is 46.8 Å². The zero-order valence-corrected chi connectivity index (χ0v) is 16.0. The van der Waals surface area contributed by atoms with Crippen LogP contribution in [0.25, 0.3) is 0 Å². The predicted octanol–water partition coefficient (Wildman–Crippen LogP) is 2.98. The standard InChI is InChI=1S/C18H22N2O5S/c1-18(2,3)25-17(23)20-13(10-14(21)24-4)15(22)19-16(20)26-11-12-8-6-5-7-9-12/h5-9,13H,10-11H2,1-4H3/t13-/m0/s1. The molecule has 0 bridgehead atoms.